The molecule has 336 valence electrons. The number of rotatable bonds is 18. The topological polar surface area (TPSA) is 166 Å². The summed E-state index contributed by atoms with van der Waals surface area (Å²) in [6.07, 6.45) is 4.32. The minimum absolute atomic E-state index is 0.145. The summed E-state index contributed by atoms with van der Waals surface area (Å²) in [6, 6.07) is 17.8. The van der Waals surface area contributed by atoms with Crippen molar-refractivity contribution in [1.29, 1.82) is 0 Å². The predicted octanol–water partition coefficient (Wildman–Crippen LogP) is 6.34. The zero-order valence-electron chi connectivity index (χ0n) is 37.3. The first-order chi connectivity index (χ1) is 30.4. The lowest BCUT2D eigenvalue weighted by atomic mass is 9.84. The molecule has 0 bridgehead atoms. The van der Waals surface area contributed by atoms with Crippen LogP contribution in [0.15, 0.2) is 78.8 Å². The molecule has 0 aliphatic carbocycles. The molecule has 0 saturated carbocycles. The van der Waals surface area contributed by atoms with Crippen LogP contribution in [0.3, 0.4) is 0 Å². The molecule has 5 atom stereocenters. The quantitative estimate of drug-likeness (QED) is 0.0656. The van der Waals surface area contributed by atoms with Crippen LogP contribution in [0, 0.1) is 16.2 Å². The fourth-order valence-electron chi connectivity index (χ4n) is 9.19. The number of aromatic nitrogens is 2. The maximum Gasteiger partial charge on any atom is 0.259 e. The first-order valence-corrected chi connectivity index (χ1v) is 22.1. The molecule has 3 amide bonds. The second kappa shape index (κ2) is 19.9. The average Bonchev–Trinajstić information content (AvgIpc) is 3.81. The van der Waals surface area contributed by atoms with Crippen molar-refractivity contribution in [3.8, 4) is 22.4 Å². The summed E-state index contributed by atoms with van der Waals surface area (Å²) < 4.78 is 20.3. The van der Waals surface area contributed by atoms with Gasteiger partial charge in [0.15, 0.2) is 5.34 Å². The molecule has 2 aromatic carbocycles. The number of nitrogens with one attached hydrogen (secondary N) is 2. The van der Waals surface area contributed by atoms with Crippen molar-refractivity contribution in [1.82, 2.24) is 30.2 Å². The molecule has 4 aromatic rings. The summed E-state index contributed by atoms with van der Waals surface area (Å²) in [6.45, 7) is 16.8. The highest BCUT2D eigenvalue weighted by Gasteiger charge is 2.45. The van der Waals surface area contributed by atoms with Crippen molar-refractivity contribution >= 4 is 28.6 Å². The standard InChI is InChI=1S/C48H61N7O8/c1-8-42(56)53-26-35(27-53)63-41-28-61-30(3)43(41)46(57)51-39(47(58)55-21-11-10-20-50-55)23-32-14-12-15-33(22-32)34-17-18-40-37(24-34)38(25-48(5,6)29-62-52-59)45(54(40)9-2)36-16-13-19-49-44(36)31(4)60-7/h8,12-19,22,24,30-31,35,39,41,43,50H,1,9-11,20-21,23,25-29H2,2-7H3,(H,51,57)/t30-,31+,39+,41-,43-/m1/s1. The highest BCUT2D eigenvalue weighted by molar-refractivity contribution is 5.95. The normalized spacial score (nSPS) is 20.3. The monoisotopic (exact) mass is 863 g/mol. The summed E-state index contributed by atoms with van der Waals surface area (Å²) in [4.78, 5) is 63.1. The molecule has 3 saturated heterocycles. The maximum atomic E-state index is 14.3. The number of ether oxygens (including phenoxy) is 3. The Labute approximate surface area is 369 Å². The number of hydrogen-bond donors (Lipinski definition) is 2. The summed E-state index contributed by atoms with van der Waals surface area (Å²) in [5.74, 6) is -1.31. The van der Waals surface area contributed by atoms with Crippen LogP contribution in [0.5, 0.6) is 0 Å². The summed E-state index contributed by atoms with van der Waals surface area (Å²) in [5.41, 5.74) is 10.6. The van der Waals surface area contributed by atoms with Gasteiger partial charge in [-0.15, -0.1) is 4.91 Å². The number of carbonyl (C=O) groups excluding carboxylic acids is 3. The molecule has 0 radical (unpaired) electrons. The molecule has 63 heavy (non-hydrogen) atoms. The van der Waals surface area contributed by atoms with Gasteiger partial charge in [-0.05, 0) is 92.6 Å². The van der Waals surface area contributed by atoms with Gasteiger partial charge < -0.3 is 33.8 Å². The van der Waals surface area contributed by atoms with Crippen molar-refractivity contribution in [2.45, 2.75) is 97.3 Å². The number of carbonyl (C=O) groups is 3. The third-order valence-corrected chi connectivity index (χ3v) is 12.6. The molecule has 3 aliphatic rings. The molecule has 0 unspecified atom stereocenters. The highest BCUT2D eigenvalue weighted by Crippen LogP contribution is 2.42. The molecule has 2 N–H and O–H groups in total. The molecule has 5 heterocycles. The van der Waals surface area contributed by atoms with E-state index in [1.807, 2.05) is 32.0 Å². The highest BCUT2D eigenvalue weighted by atomic mass is 16.7. The lowest BCUT2D eigenvalue weighted by Crippen LogP contribution is -2.58. The Morgan fingerprint density at radius 2 is 1.90 bits per heavy atom. The van der Waals surface area contributed by atoms with E-state index in [4.69, 9.17) is 24.0 Å². The minimum Gasteiger partial charge on any atom is -0.375 e. The Hall–Kier alpha value is -5.48. The second-order valence-corrected chi connectivity index (χ2v) is 17.7. The SMILES string of the molecule is C=CC(=O)N1CC(O[C@@H]2CO[C@H](C)[C@H]2C(=O)N[C@@H](Cc2cccc(-c3ccc4c(c3)c(CC(C)(C)CON=O)c(-c3cccnc3[C@H](C)OC)n4CC)c2)C(=O)N2CCCCN2)C1. The van der Waals surface area contributed by atoms with Crippen molar-refractivity contribution in [2.75, 3.05) is 46.5 Å². The molecule has 3 aliphatic heterocycles. The molecular formula is C48H61N7O8. The largest absolute Gasteiger partial charge is 0.375 e. The van der Waals surface area contributed by atoms with Gasteiger partial charge in [-0.2, -0.15) is 0 Å². The number of fused-ring (bicyclic) bond motifs is 1. The lowest BCUT2D eigenvalue weighted by Gasteiger charge is -2.40. The van der Waals surface area contributed by atoms with Gasteiger partial charge in [0.2, 0.25) is 11.8 Å². The van der Waals surface area contributed by atoms with Crippen molar-refractivity contribution in [3.63, 3.8) is 0 Å². The van der Waals surface area contributed by atoms with E-state index in [0.717, 1.165) is 62.9 Å². The zero-order valence-corrected chi connectivity index (χ0v) is 37.3. The van der Waals surface area contributed by atoms with Crippen LogP contribution in [-0.4, -0.2) is 108 Å². The maximum absolute atomic E-state index is 14.3. The van der Waals surface area contributed by atoms with E-state index in [1.165, 1.54) is 6.08 Å². The number of nitrogens with zero attached hydrogens (tertiary/aromatic N) is 5. The van der Waals surface area contributed by atoms with Crippen LogP contribution in [0.2, 0.25) is 0 Å². The van der Waals surface area contributed by atoms with E-state index in [-0.39, 0.29) is 49.6 Å². The van der Waals surface area contributed by atoms with Gasteiger partial charge in [0.25, 0.3) is 5.91 Å². The Balaban J connectivity index is 1.21. The number of amides is 3. The number of hydrogen-bond acceptors (Lipinski definition) is 11. The van der Waals surface area contributed by atoms with E-state index < -0.39 is 29.6 Å². The van der Waals surface area contributed by atoms with Gasteiger partial charge in [0, 0.05) is 74.3 Å². The predicted molar refractivity (Wildman–Crippen MR) is 240 cm³/mol. The summed E-state index contributed by atoms with van der Waals surface area (Å²) in [7, 11) is 1.68. The number of pyridine rings is 1. The van der Waals surface area contributed by atoms with Gasteiger partial charge in [0.05, 0.1) is 48.3 Å². The van der Waals surface area contributed by atoms with Crippen LogP contribution < -0.4 is 10.7 Å². The van der Waals surface area contributed by atoms with Crippen LogP contribution in [-0.2, 0) is 52.8 Å². The minimum atomic E-state index is -0.861. The molecule has 15 nitrogen and oxygen atoms in total. The van der Waals surface area contributed by atoms with Crippen molar-refractivity contribution in [3.05, 3.63) is 95.2 Å². The Kier molecular flexibility index (Phi) is 14.4. The number of likely N-dealkylation sites (tertiary alicyclic amines) is 1. The molecule has 2 aromatic heterocycles. The Morgan fingerprint density at radius 3 is 2.62 bits per heavy atom. The van der Waals surface area contributed by atoms with Crippen molar-refractivity contribution < 1.29 is 33.4 Å². The number of methoxy groups -OCH3 is 1. The number of hydrazine groups is 1. The summed E-state index contributed by atoms with van der Waals surface area (Å²) in [5, 5.41) is 8.52. The fourth-order valence-corrected chi connectivity index (χ4v) is 9.19. The van der Waals surface area contributed by atoms with Crippen LogP contribution in [0.1, 0.15) is 70.4 Å². The fraction of sp³-hybridized carbons (Fsp3) is 0.500. The molecule has 3 fully saturated rings. The third-order valence-electron chi connectivity index (χ3n) is 12.6. The molecule has 0 spiro atoms. The van der Waals surface area contributed by atoms with E-state index in [9.17, 15) is 19.3 Å². The Bertz CT molecular complexity index is 2300. The van der Waals surface area contributed by atoms with Gasteiger partial charge >= 0.3 is 0 Å². The molecule has 7 rings (SSSR count). The smallest absolute Gasteiger partial charge is 0.259 e. The number of aryl methyl sites for hydroxylation is 1. The van der Waals surface area contributed by atoms with Crippen LogP contribution in [0.4, 0.5) is 0 Å². The lowest BCUT2D eigenvalue weighted by molar-refractivity contribution is -0.151. The zero-order chi connectivity index (χ0) is 44.8. The Morgan fingerprint density at radius 1 is 1.11 bits per heavy atom. The van der Waals surface area contributed by atoms with Gasteiger partial charge in [0.1, 0.15) is 12.6 Å². The van der Waals surface area contributed by atoms with Crippen LogP contribution in [0.25, 0.3) is 33.3 Å². The molecule has 15 heteroatoms. The van der Waals surface area contributed by atoms with Gasteiger partial charge in [-0.3, -0.25) is 24.4 Å². The average molecular weight is 864 g/mol. The first kappa shape index (κ1) is 45.5. The van der Waals surface area contributed by atoms with Crippen LogP contribution >= 0.6 is 0 Å². The van der Waals surface area contributed by atoms with E-state index in [2.05, 4.69) is 84.4 Å². The first-order valence-electron chi connectivity index (χ1n) is 22.1. The van der Waals surface area contributed by atoms with E-state index in [1.54, 1.807) is 23.2 Å². The van der Waals surface area contributed by atoms with Crippen molar-refractivity contribution in [2.24, 2.45) is 16.7 Å². The molecular weight excluding hydrogens is 803 g/mol. The van der Waals surface area contributed by atoms with Gasteiger partial charge in [-0.1, -0.05) is 50.8 Å². The number of benzene rings is 2. The third kappa shape index (κ3) is 10.0. The van der Waals surface area contributed by atoms with Gasteiger partial charge in [-0.25, -0.2) is 5.43 Å². The summed E-state index contributed by atoms with van der Waals surface area (Å²) >= 11 is 0. The van der Waals surface area contributed by atoms with E-state index >= 15 is 0 Å². The second-order valence-electron chi connectivity index (χ2n) is 17.7. The van der Waals surface area contributed by atoms with E-state index in [0.29, 0.717) is 39.1 Å².